The van der Waals surface area contributed by atoms with Crippen LogP contribution in [0.15, 0.2) is 0 Å². The summed E-state index contributed by atoms with van der Waals surface area (Å²) in [4.78, 5) is 4.41. The second-order valence-electron chi connectivity index (χ2n) is 4.74. The molecule has 5 nitrogen and oxygen atoms in total. The number of nitrogens with zero attached hydrogens (tertiary/aromatic N) is 2. The lowest BCUT2D eigenvalue weighted by molar-refractivity contribution is 0.113. The summed E-state index contributed by atoms with van der Waals surface area (Å²) >= 11 is 1.35. The minimum atomic E-state index is -0.160. The first-order valence-corrected chi connectivity index (χ1v) is 6.55. The van der Waals surface area contributed by atoms with Crippen molar-refractivity contribution in [1.29, 1.82) is 0 Å². The minimum Gasteiger partial charge on any atom is -0.374 e. The highest BCUT2D eigenvalue weighted by Gasteiger charge is 2.28. The van der Waals surface area contributed by atoms with E-state index < -0.39 is 0 Å². The second-order valence-corrected chi connectivity index (χ2v) is 5.49. The van der Waals surface area contributed by atoms with Crippen molar-refractivity contribution in [3.63, 3.8) is 0 Å². The van der Waals surface area contributed by atoms with Gasteiger partial charge in [-0.1, -0.05) is 13.8 Å². The van der Waals surface area contributed by atoms with E-state index in [9.17, 15) is 0 Å². The highest BCUT2D eigenvalue weighted by Crippen LogP contribution is 2.25. The van der Waals surface area contributed by atoms with Crippen LogP contribution in [0.5, 0.6) is 0 Å². The fourth-order valence-corrected chi connectivity index (χ4v) is 2.01. The summed E-state index contributed by atoms with van der Waals surface area (Å²) < 4.78 is 9.45. The summed E-state index contributed by atoms with van der Waals surface area (Å²) in [5.74, 6) is 1.13. The lowest BCUT2D eigenvalue weighted by atomic mass is 9.89. The Hall–Kier alpha value is -0.720. The van der Waals surface area contributed by atoms with E-state index >= 15 is 0 Å². The van der Waals surface area contributed by atoms with Crippen molar-refractivity contribution in [2.75, 3.05) is 19.0 Å². The average Bonchev–Trinajstić information content (AvgIpc) is 2.75. The fourth-order valence-electron chi connectivity index (χ4n) is 1.23. The van der Waals surface area contributed by atoms with Gasteiger partial charge in [-0.3, -0.25) is 0 Å². The molecular formula is C11H22N4OS. The number of anilines is 1. The maximum Gasteiger partial charge on any atom is 0.203 e. The molecule has 3 N–H and O–H groups in total. The normalized spacial score (nSPS) is 16.9. The molecule has 1 rings (SSSR count). The molecule has 0 aliphatic carbocycles. The molecule has 0 saturated heterocycles. The van der Waals surface area contributed by atoms with Crippen LogP contribution in [-0.2, 0) is 4.74 Å². The second kappa shape index (κ2) is 5.75. The maximum absolute atomic E-state index is 5.82. The fraction of sp³-hybridized carbons (Fsp3) is 0.818. The van der Waals surface area contributed by atoms with E-state index in [1.807, 2.05) is 6.92 Å². The Kier molecular flexibility index (Phi) is 4.85. The lowest BCUT2D eigenvalue weighted by Gasteiger charge is -2.33. The van der Waals surface area contributed by atoms with E-state index in [1.54, 1.807) is 7.11 Å². The number of nitrogens with one attached hydrogen (secondary N) is 1. The monoisotopic (exact) mass is 258 g/mol. The molecule has 2 atom stereocenters. The highest BCUT2D eigenvalue weighted by molar-refractivity contribution is 7.09. The molecular weight excluding hydrogens is 236 g/mol. The summed E-state index contributed by atoms with van der Waals surface area (Å²) in [7, 11) is 1.65. The van der Waals surface area contributed by atoms with Crippen LogP contribution in [0, 0.1) is 5.92 Å². The third-order valence-electron chi connectivity index (χ3n) is 3.25. The smallest absolute Gasteiger partial charge is 0.203 e. The molecule has 2 unspecified atom stereocenters. The number of hydrogen-bond donors (Lipinski definition) is 2. The number of methoxy groups -OCH3 is 1. The predicted molar refractivity (Wildman–Crippen MR) is 71.3 cm³/mol. The van der Waals surface area contributed by atoms with E-state index in [2.05, 4.69) is 35.4 Å². The Labute approximate surface area is 107 Å². The van der Waals surface area contributed by atoms with Crippen molar-refractivity contribution in [2.24, 2.45) is 11.7 Å². The summed E-state index contributed by atoms with van der Waals surface area (Å²) in [6, 6.07) is 0. The SMILES string of the molecule is COC(C)c1nsc(NC(C)(CN)C(C)C)n1. The molecule has 0 bridgehead atoms. The largest absolute Gasteiger partial charge is 0.374 e. The number of rotatable bonds is 6. The standard InChI is InChI=1S/C11H22N4OS/c1-7(2)11(4,6-12)14-10-13-9(15-17-10)8(3)16-5/h7-8H,6,12H2,1-5H3,(H,13,14,15). The molecule has 0 aliphatic rings. The van der Waals surface area contributed by atoms with Gasteiger partial charge in [0.05, 0.1) is 5.54 Å². The quantitative estimate of drug-likeness (QED) is 0.816. The van der Waals surface area contributed by atoms with Crippen molar-refractivity contribution < 1.29 is 4.74 Å². The average molecular weight is 258 g/mol. The Bertz CT molecular complexity index is 355. The molecule has 0 spiro atoms. The Morgan fingerprint density at radius 1 is 1.47 bits per heavy atom. The van der Waals surface area contributed by atoms with Crippen molar-refractivity contribution in [3.05, 3.63) is 5.82 Å². The maximum atomic E-state index is 5.82. The zero-order valence-electron chi connectivity index (χ0n) is 11.2. The van der Waals surface area contributed by atoms with Gasteiger partial charge in [0.2, 0.25) is 5.13 Å². The number of nitrogens with two attached hydrogens (primary N) is 1. The van der Waals surface area contributed by atoms with Crippen LogP contribution >= 0.6 is 11.5 Å². The van der Waals surface area contributed by atoms with Crippen LogP contribution in [0.3, 0.4) is 0 Å². The van der Waals surface area contributed by atoms with Gasteiger partial charge < -0.3 is 15.8 Å². The topological polar surface area (TPSA) is 73.1 Å². The first kappa shape index (κ1) is 14.3. The molecule has 1 heterocycles. The van der Waals surface area contributed by atoms with E-state index in [0.29, 0.717) is 18.3 Å². The first-order chi connectivity index (χ1) is 7.92. The Balaban J connectivity index is 2.78. The van der Waals surface area contributed by atoms with Gasteiger partial charge >= 0.3 is 0 Å². The lowest BCUT2D eigenvalue weighted by Crippen LogP contribution is -2.47. The van der Waals surface area contributed by atoms with Crippen molar-refractivity contribution in [1.82, 2.24) is 9.36 Å². The zero-order chi connectivity index (χ0) is 13.1. The van der Waals surface area contributed by atoms with Crippen molar-refractivity contribution >= 4 is 16.7 Å². The molecule has 17 heavy (non-hydrogen) atoms. The van der Waals surface area contributed by atoms with Crippen LogP contribution in [0.25, 0.3) is 0 Å². The molecule has 98 valence electrons. The van der Waals surface area contributed by atoms with Gasteiger partial charge in [0, 0.05) is 25.2 Å². The van der Waals surface area contributed by atoms with Gasteiger partial charge in [-0.25, -0.2) is 4.98 Å². The molecule has 1 aromatic rings. The Morgan fingerprint density at radius 3 is 2.59 bits per heavy atom. The van der Waals surface area contributed by atoms with Crippen LogP contribution < -0.4 is 11.1 Å². The van der Waals surface area contributed by atoms with Crippen LogP contribution in [-0.4, -0.2) is 28.6 Å². The Morgan fingerprint density at radius 2 is 2.12 bits per heavy atom. The number of hydrogen-bond acceptors (Lipinski definition) is 6. The molecule has 0 fully saturated rings. The molecule has 1 aromatic heterocycles. The van der Waals surface area contributed by atoms with Crippen molar-refractivity contribution in [3.8, 4) is 0 Å². The summed E-state index contributed by atoms with van der Waals surface area (Å²) in [5.41, 5.74) is 5.66. The van der Waals surface area contributed by atoms with E-state index in [1.165, 1.54) is 11.5 Å². The summed E-state index contributed by atoms with van der Waals surface area (Å²) in [6.07, 6.45) is -0.0787. The van der Waals surface area contributed by atoms with Crippen molar-refractivity contribution in [2.45, 2.75) is 39.3 Å². The van der Waals surface area contributed by atoms with E-state index in [0.717, 1.165) is 5.13 Å². The van der Waals surface area contributed by atoms with Gasteiger partial charge in [0.25, 0.3) is 0 Å². The summed E-state index contributed by atoms with van der Waals surface area (Å²) in [5, 5.41) is 4.17. The highest BCUT2D eigenvalue weighted by atomic mass is 32.1. The molecule has 0 aromatic carbocycles. The van der Waals surface area contributed by atoms with Gasteiger partial charge in [-0.15, -0.1) is 0 Å². The minimum absolute atomic E-state index is 0.0787. The molecule has 0 amide bonds. The molecule has 0 radical (unpaired) electrons. The van der Waals surface area contributed by atoms with E-state index in [-0.39, 0.29) is 11.6 Å². The van der Waals surface area contributed by atoms with Crippen LogP contribution in [0.1, 0.15) is 39.6 Å². The first-order valence-electron chi connectivity index (χ1n) is 5.77. The zero-order valence-corrected chi connectivity index (χ0v) is 12.0. The van der Waals surface area contributed by atoms with E-state index in [4.69, 9.17) is 10.5 Å². The third-order valence-corrected chi connectivity index (χ3v) is 3.89. The van der Waals surface area contributed by atoms with Gasteiger partial charge in [0.15, 0.2) is 5.82 Å². The number of aromatic nitrogens is 2. The third kappa shape index (κ3) is 3.37. The number of ether oxygens (including phenoxy) is 1. The van der Waals surface area contributed by atoms with Crippen LogP contribution in [0.2, 0.25) is 0 Å². The predicted octanol–water partition coefficient (Wildman–Crippen LogP) is 2.03. The van der Waals surface area contributed by atoms with Crippen LogP contribution in [0.4, 0.5) is 5.13 Å². The van der Waals surface area contributed by atoms with Gasteiger partial charge in [0.1, 0.15) is 6.10 Å². The van der Waals surface area contributed by atoms with Gasteiger partial charge in [-0.05, 0) is 19.8 Å². The molecule has 0 saturated carbocycles. The molecule has 6 heteroatoms. The summed E-state index contributed by atoms with van der Waals surface area (Å²) in [6.45, 7) is 8.85. The van der Waals surface area contributed by atoms with Gasteiger partial charge in [-0.2, -0.15) is 4.37 Å². The molecule has 0 aliphatic heterocycles.